The summed E-state index contributed by atoms with van der Waals surface area (Å²) in [5, 5.41) is 3.43. The van der Waals surface area contributed by atoms with Gasteiger partial charge in [-0.3, -0.25) is 0 Å². The Bertz CT molecular complexity index is 551. The minimum atomic E-state index is -3.36. The number of sulfonamides is 1. The summed E-state index contributed by atoms with van der Waals surface area (Å²) in [5.74, 6) is 0. The van der Waals surface area contributed by atoms with Gasteiger partial charge in [-0.1, -0.05) is 19.1 Å². The summed E-state index contributed by atoms with van der Waals surface area (Å²) < 4.78 is 26.2. The van der Waals surface area contributed by atoms with E-state index in [1.165, 1.54) is 17.1 Å². The highest BCUT2D eigenvalue weighted by Crippen LogP contribution is 2.24. The molecular formula is C14H22N2O2S. The van der Waals surface area contributed by atoms with Crippen molar-refractivity contribution < 1.29 is 8.42 Å². The van der Waals surface area contributed by atoms with Gasteiger partial charge in [0.25, 0.3) is 0 Å². The van der Waals surface area contributed by atoms with Crippen LogP contribution in [-0.2, 0) is 16.6 Å². The Kier molecular flexibility index (Phi) is 4.28. The number of nitrogens with one attached hydrogen (secondary N) is 1. The molecule has 1 saturated carbocycles. The third kappa shape index (κ3) is 3.16. The maximum absolute atomic E-state index is 12.4. The zero-order valence-corrected chi connectivity index (χ0v) is 12.6. The highest BCUT2D eigenvalue weighted by molar-refractivity contribution is 7.89. The van der Waals surface area contributed by atoms with E-state index in [2.05, 4.69) is 5.32 Å². The predicted octanol–water partition coefficient (Wildman–Crippen LogP) is 1.89. The second-order valence-corrected chi connectivity index (χ2v) is 7.13. The van der Waals surface area contributed by atoms with Gasteiger partial charge in [-0.25, -0.2) is 12.7 Å². The van der Waals surface area contributed by atoms with Crippen LogP contribution in [0.4, 0.5) is 0 Å². The van der Waals surface area contributed by atoms with Gasteiger partial charge in [-0.15, -0.1) is 0 Å². The highest BCUT2D eigenvalue weighted by atomic mass is 32.2. The van der Waals surface area contributed by atoms with Gasteiger partial charge in [0.1, 0.15) is 0 Å². The topological polar surface area (TPSA) is 49.4 Å². The molecule has 1 aliphatic carbocycles. The van der Waals surface area contributed by atoms with Gasteiger partial charge in [0.15, 0.2) is 0 Å². The molecule has 5 heteroatoms. The maximum atomic E-state index is 12.4. The van der Waals surface area contributed by atoms with E-state index in [9.17, 15) is 8.42 Å². The summed E-state index contributed by atoms with van der Waals surface area (Å²) in [6.45, 7) is 4.95. The van der Waals surface area contributed by atoms with E-state index in [4.69, 9.17) is 0 Å². The lowest BCUT2D eigenvalue weighted by Gasteiger charge is -2.18. The molecule has 0 unspecified atom stereocenters. The standard InChI is InChI=1S/C14H22N2O2S/c1-4-16(3)19(17,18)14-7-5-6-12(11(14)2)10-15-13-8-9-13/h5-7,13,15H,4,8-10H2,1-3H3. The van der Waals surface area contributed by atoms with Crippen molar-refractivity contribution in [3.05, 3.63) is 29.3 Å². The quantitative estimate of drug-likeness (QED) is 0.867. The van der Waals surface area contributed by atoms with Crippen LogP contribution in [0, 0.1) is 6.92 Å². The first-order valence-electron chi connectivity index (χ1n) is 6.75. The molecule has 1 aromatic carbocycles. The first-order valence-corrected chi connectivity index (χ1v) is 8.19. The molecular weight excluding hydrogens is 260 g/mol. The summed E-state index contributed by atoms with van der Waals surface area (Å²) >= 11 is 0. The smallest absolute Gasteiger partial charge is 0.243 e. The van der Waals surface area contributed by atoms with Crippen LogP contribution in [0.15, 0.2) is 23.1 Å². The Labute approximate surface area is 115 Å². The molecule has 19 heavy (non-hydrogen) atoms. The molecule has 0 atom stereocenters. The second kappa shape index (κ2) is 5.61. The summed E-state index contributed by atoms with van der Waals surface area (Å²) in [6.07, 6.45) is 2.46. The average molecular weight is 282 g/mol. The fourth-order valence-corrected chi connectivity index (χ4v) is 3.45. The van der Waals surface area contributed by atoms with E-state index in [-0.39, 0.29) is 0 Å². The van der Waals surface area contributed by atoms with E-state index in [0.717, 1.165) is 17.7 Å². The van der Waals surface area contributed by atoms with E-state index in [1.807, 2.05) is 26.0 Å². The lowest BCUT2D eigenvalue weighted by Crippen LogP contribution is -2.27. The lowest BCUT2D eigenvalue weighted by molar-refractivity contribution is 0.485. The third-order valence-electron chi connectivity index (χ3n) is 3.69. The van der Waals surface area contributed by atoms with Crippen molar-refractivity contribution in [2.24, 2.45) is 0 Å². The first-order chi connectivity index (χ1) is 8.96. The summed E-state index contributed by atoms with van der Waals surface area (Å²) in [7, 11) is -1.74. The summed E-state index contributed by atoms with van der Waals surface area (Å²) in [5.41, 5.74) is 1.92. The SMILES string of the molecule is CCN(C)S(=O)(=O)c1cccc(CNC2CC2)c1C. The van der Waals surface area contributed by atoms with Gasteiger partial charge >= 0.3 is 0 Å². The Morgan fingerprint density at radius 2 is 2.05 bits per heavy atom. The summed E-state index contributed by atoms with van der Waals surface area (Å²) in [6, 6.07) is 6.14. The van der Waals surface area contributed by atoms with Crippen LogP contribution in [0.1, 0.15) is 30.9 Å². The van der Waals surface area contributed by atoms with Gasteiger partial charge in [-0.05, 0) is 37.0 Å². The average Bonchev–Trinajstić information content (AvgIpc) is 3.20. The fraction of sp³-hybridized carbons (Fsp3) is 0.571. The van der Waals surface area contributed by atoms with E-state index in [1.54, 1.807) is 13.1 Å². The number of rotatable bonds is 6. The Morgan fingerprint density at radius 1 is 1.37 bits per heavy atom. The number of nitrogens with zero attached hydrogens (tertiary/aromatic N) is 1. The van der Waals surface area contributed by atoms with Crippen LogP contribution in [0.3, 0.4) is 0 Å². The molecule has 0 amide bonds. The monoisotopic (exact) mass is 282 g/mol. The van der Waals surface area contributed by atoms with Crippen LogP contribution < -0.4 is 5.32 Å². The molecule has 4 nitrogen and oxygen atoms in total. The zero-order chi connectivity index (χ0) is 14.0. The summed E-state index contributed by atoms with van der Waals surface area (Å²) in [4.78, 5) is 0.423. The molecule has 1 fully saturated rings. The van der Waals surface area contributed by atoms with Crippen LogP contribution in [0.5, 0.6) is 0 Å². The Hall–Kier alpha value is -0.910. The third-order valence-corrected chi connectivity index (χ3v) is 5.77. The Balaban J connectivity index is 2.27. The van der Waals surface area contributed by atoms with Crippen LogP contribution in [-0.4, -0.2) is 32.4 Å². The van der Waals surface area contributed by atoms with Crippen molar-refractivity contribution in [1.82, 2.24) is 9.62 Å². The molecule has 1 aliphatic rings. The molecule has 0 bridgehead atoms. The van der Waals surface area contributed by atoms with Crippen LogP contribution in [0.25, 0.3) is 0 Å². The maximum Gasteiger partial charge on any atom is 0.243 e. The largest absolute Gasteiger partial charge is 0.310 e. The van der Waals surface area contributed by atoms with Gasteiger partial charge in [0, 0.05) is 26.2 Å². The molecule has 2 rings (SSSR count). The van der Waals surface area contributed by atoms with Gasteiger partial charge in [0.05, 0.1) is 4.90 Å². The van der Waals surface area contributed by atoms with Crippen molar-refractivity contribution >= 4 is 10.0 Å². The van der Waals surface area contributed by atoms with Crippen molar-refractivity contribution in [2.75, 3.05) is 13.6 Å². The lowest BCUT2D eigenvalue weighted by atomic mass is 10.1. The number of hydrogen-bond donors (Lipinski definition) is 1. The minimum absolute atomic E-state index is 0.423. The van der Waals surface area contributed by atoms with Crippen molar-refractivity contribution in [1.29, 1.82) is 0 Å². The first kappa shape index (κ1) is 14.5. The molecule has 1 aromatic rings. The molecule has 0 spiro atoms. The normalized spacial score (nSPS) is 16.0. The molecule has 0 heterocycles. The van der Waals surface area contributed by atoms with Crippen LogP contribution in [0.2, 0.25) is 0 Å². The zero-order valence-electron chi connectivity index (χ0n) is 11.8. The van der Waals surface area contributed by atoms with Crippen LogP contribution >= 0.6 is 0 Å². The molecule has 0 saturated heterocycles. The molecule has 0 radical (unpaired) electrons. The van der Waals surface area contributed by atoms with Gasteiger partial charge in [-0.2, -0.15) is 0 Å². The fourth-order valence-electron chi connectivity index (χ4n) is 2.01. The predicted molar refractivity (Wildman–Crippen MR) is 76.5 cm³/mol. The molecule has 0 aliphatic heterocycles. The van der Waals surface area contributed by atoms with Crippen molar-refractivity contribution in [2.45, 2.75) is 44.2 Å². The number of hydrogen-bond acceptors (Lipinski definition) is 3. The number of benzene rings is 1. The van der Waals surface area contributed by atoms with E-state index < -0.39 is 10.0 Å². The van der Waals surface area contributed by atoms with Gasteiger partial charge in [0.2, 0.25) is 10.0 Å². The van der Waals surface area contributed by atoms with Gasteiger partial charge < -0.3 is 5.32 Å². The highest BCUT2D eigenvalue weighted by Gasteiger charge is 2.24. The Morgan fingerprint density at radius 3 is 2.63 bits per heavy atom. The van der Waals surface area contributed by atoms with E-state index >= 15 is 0 Å². The minimum Gasteiger partial charge on any atom is -0.310 e. The molecule has 1 N–H and O–H groups in total. The van der Waals surface area contributed by atoms with Crippen molar-refractivity contribution in [3.63, 3.8) is 0 Å². The second-order valence-electron chi connectivity index (χ2n) is 5.11. The molecule has 106 valence electrons. The van der Waals surface area contributed by atoms with E-state index in [0.29, 0.717) is 17.5 Å². The van der Waals surface area contributed by atoms with Crippen molar-refractivity contribution in [3.8, 4) is 0 Å². The molecule has 0 aromatic heterocycles.